The van der Waals surface area contributed by atoms with Crippen LogP contribution in [-0.2, 0) is 0 Å². The average molecular weight is 361 g/mol. The number of rotatable bonds is 3. The summed E-state index contributed by atoms with van der Waals surface area (Å²) >= 11 is 9.81. The van der Waals surface area contributed by atoms with Crippen LogP contribution in [0.1, 0.15) is 17.2 Å². The quantitative estimate of drug-likeness (QED) is 0.644. The zero-order valence-electron chi connectivity index (χ0n) is 11.6. The number of hydrogen-bond acceptors (Lipinski definition) is 1. The molecule has 0 aliphatic heterocycles. The van der Waals surface area contributed by atoms with E-state index in [4.69, 9.17) is 11.6 Å². The third-order valence-electron chi connectivity index (χ3n) is 3.69. The number of nitrogens with one attached hydrogen (secondary N) is 1. The van der Waals surface area contributed by atoms with E-state index in [1.807, 2.05) is 25.2 Å². The maximum atomic E-state index is 6.17. The van der Waals surface area contributed by atoms with Gasteiger partial charge in [-0.1, -0.05) is 70.0 Å². The average Bonchev–Trinajstić information content (AvgIpc) is 2.51. The molecule has 0 heterocycles. The summed E-state index contributed by atoms with van der Waals surface area (Å²) in [5.74, 6) is 0. The fraction of sp³-hybridized carbons (Fsp3) is 0.111. The molecule has 0 fully saturated rings. The van der Waals surface area contributed by atoms with Gasteiger partial charge in [0.1, 0.15) is 0 Å². The van der Waals surface area contributed by atoms with Crippen LogP contribution in [0.15, 0.2) is 65.1 Å². The lowest BCUT2D eigenvalue weighted by Crippen LogP contribution is -2.18. The lowest BCUT2D eigenvalue weighted by Gasteiger charge is -2.21. The monoisotopic (exact) mass is 359 g/mol. The van der Waals surface area contributed by atoms with Crippen LogP contribution in [0.25, 0.3) is 10.8 Å². The fourth-order valence-corrected chi connectivity index (χ4v) is 3.37. The normalized spacial score (nSPS) is 12.5. The first-order valence-corrected chi connectivity index (χ1v) is 7.97. The highest BCUT2D eigenvalue weighted by atomic mass is 79.9. The van der Waals surface area contributed by atoms with Crippen molar-refractivity contribution < 1.29 is 0 Å². The smallest absolute Gasteiger partial charge is 0.0592 e. The summed E-state index contributed by atoms with van der Waals surface area (Å²) in [5.41, 5.74) is 2.39. The molecule has 0 spiro atoms. The van der Waals surface area contributed by atoms with Gasteiger partial charge in [0.2, 0.25) is 0 Å². The van der Waals surface area contributed by atoms with Gasteiger partial charge >= 0.3 is 0 Å². The molecule has 1 N–H and O–H groups in total. The fourth-order valence-electron chi connectivity index (χ4n) is 2.72. The summed E-state index contributed by atoms with van der Waals surface area (Å²) < 4.78 is 1.05. The van der Waals surface area contributed by atoms with E-state index < -0.39 is 0 Å². The highest BCUT2D eigenvalue weighted by Gasteiger charge is 2.17. The van der Waals surface area contributed by atoms with E-state index in [0.29, 0.717) is 0 Å². The maximum Gasteiger partial charge on any atom is 0.0592 e. The van der Waals surface area contributed by atoms with Crippen LogP contribution in [0.2, 0.25) is 5.02 Å². The Morgan fingerprint density at radius 1 is 0.952 bits per heavy atom. The van der Waals surface area contributed by atoms with Gasteiger partial charge in [-0.2, -0.15) is 0 Å². The zero-order valence-corrected chi connectivity index (χ0v) is 13.9. The van der Waals surface area contributed by atoms with E-state index >= 15 is 0 Å². The van der Waals surface area contributed by atoms with E-state index in [0.717, 1.165) is 15.1 Å². The molecule has 3 heteroatoms. The van der Waals surface area contributed by atoms with Gasteiger partial charge in [0.25, 0.3) is 0 Å². The van der Waals surface area contributed by atoms with Gasteiger partial charge in [-0.15, -0.1) is 0 Å². The van der Waals surface area contributed by atoms with Gasteiger partial charge in [-0.3, -0.25) is 0 Å². The standard InChI is InChI=1S/C18H15BrClN/c1-21-18(16-11-13(20)9-10-17(16)19)15-8-4-6-12-5-2-3-7-14(12)15/h2-11,18,21H,1H3. The summed E-state index contributed by atoms with van der Waals surface area (Å²) in [6.45, 7) is 0. The molecule has 0 saturated heterocycles. The van der Waals surface area contributed by atoms with Crippen molar-refractivity contribution in [2.45, 2.75) is 6.04 Å². The summed E-state index contributed by atoms with van der Waals surface area (Å²) in [6, 6.07) is 20.8. The predicted molar refractivity (Wildman–Crippen MR) is 94.0 cm³/mol. The number of halogens is 2. The van der Waals surface area contributed by atoms with Crippen LogP contribution in [0.4, 0.5) is 0 Å². The van der Waals surface area contributed by atoms with E-state index in [1.54, 1.807) is 0 Å². The van der Waals surface area contributed by atoms with Crippen molar-refractivity contribution in [1.29, 1.82) is 0 Å². The minimum Gasteiger partial charge on any atom is -0.309 e. The second-order valence-electron chi connectivity index (χ2n) is 4.96. The molecule has 1 unspecified atom stereocenters. The van der Waals surface area contributed by atoms with Crippen LogP contribution in [0.3, 0.4) is 0 Å². The molecular formula is C18H15BrClN. The van der Waals surface area contributed by atoms with E-state index in [1.165, 1.54) is 16.3 Å². The van der Waals surface area contributed by atoms with E-state index in [9.17, 15) is 0 Å². The SMILES string of the molecule is CNC(c1cc(Cl)ccc1Br)c1cccc2ccccc12. The minimum atomic E-state index is 0.0872. The molecule has 21 heavy (non-hydrogen) atoms. The van der Waals surface area contributed by atoms with Gasteiger partial charge in [0, 0.05) is 9.50 Å². The lowest BCUT2D eigenvalue weighted by molar-refractivity contribution is 0.694. The Labute approximate surface area is 138 Å². The summed E-state index contributed by atoms with van der Waals surface area (Å²) in [5, 5.41) is 6.65. The topological polar surface area (TPSA) is 12.0 Å². The predicted octanol–water partition coefficient (Wildman–Crippen LogP) is 5.56. The highest BCUT2D eigenvalue weighted by molar-refractivity contribution is 9.10. The largest absolute Gasteiger partial charge is 0.309 e. The molecule has 0 bridgehead atoms. The molecule has 0 saturated carbocycles. The van der Waals surface area contributed by atoms with Crippen LogP contribution in [-0.4, -0.2) is 7.05 Å². The molecular weight excluding hydrogens is 346 g/mol. The molecule has 0 aliphatic carbocycles. The summed E-state index contributed by atoms with van der Waals surface area (Å²) in [4.78, 5) is 0. The second kappa shape index (κ2) is 6.18. The first kappa shape index (κ1) is 14.6. The van der Waals surface area contributed by atoms with Crippen molar-refractivity contribution in [3.8, 4) is 0 Å². The van der Waals surface area contributed by atoms with Crippen LogP contribution >= 0.6 is 27.5 Å². The number of hydrogen-bond donors (Lipinski definition) is 1. The second-order valence-corrected chi connectivity index (χ2v) is 6.25. The van der Waals surface area contributed by atoms with Crippen molar-refractivity contribution in [3.05, 3.63) is 81.3 Å². The number of fused-ring (bicyclic) bond motifs is 1. The first-order valence-electron chi connectivity index (χ1n) is 6.80. The molecule has 0 amide bonds. The molecule has 3 aromatic carbocycles. The highest BCUT2D eigenvalue weighted by Crippen LogP contribution is 2.34. The molecule has 0 aromatic heterocycles. The Morgan fingerprint density at radius 2 is 1.71 bits per heavy atom. The molecule has 3 rings (SSSR count). The summed E-state index contributed by atoms with van der Waals surface area (Å²) in [7, 11) is 1.97. The molecule has 1 nitrogen and oxygen atoms in total. The van der Waals surface area contributed by atoms with Gasteiger partial charge in [0.15, 0.2) is 0 Å². The van der Waals surface area contributed by atoms with Gasteiger partial charge in [0.05, 0.1) is 6.04 Å². The van der Waals surface area contributed by atoms with Crippen LogP contribution < -0.4 is 5.32 Å². The molecule has 1 atom stereocenters. The Hall–Kier alpha value is -1.35. The van der Waals surface area contributed by atoms with E-state index in [2.05, 4.69) is 63.7 Å². The van der Waals surface area contributed by atoms with E-state index in [-0.39, 0.29) is 6.04 Å². The molecule has 3 aromatic rings. The zero-order chi connectivity index (χ0) is 14.8. The molecule has 0 aliphatic rings. The van der Waals surface area contributed by atoms with Crippen molar-refractivity contribution in [1.82, 2.24) is 5.32 Å². The maximum absolute atomic E-state index is 6.17. The van der Waals surface area contributed by atoms with Crippen LogP contribution in [0.5, 0.6) is 0 Å². The Morgan fingerprint density at radius 3 is 2.52 bits per heavy atom. The Balaban J connectivity index is 2.21. The number of benzene rings is 3. The minimum absolute atomic E-state index is 0.0872. The lowest BCUT2D eigenvalue weighted by atomic mass is 9.94. The third kappa shape index (κ3) is 2.84. The van der Waals surface area contributed by atoms with Crippen molar-refractivity contribution in [3.63, 3.8) is 0 Å². The van der Waals surface area contributed by atoms with Crippen LogP contribution in [0, 0.1) is 0 Å². The third-order valence-corrected chi connectivity index (χ3v) is 4.65. The molecule has 0 radical (unpaired) electrons. The Kier molecular flexibility index (Phi) is 4.29. The molecule has 106 valence electrons. The Bertz CT molecular complexity index is 780. The van der Waals surface area contributed by atoms with Gasteiger partial charge in [-0.25, -0.2) is 0 Å². The van der Waals surface area contributed by atoms with Crippen molar-refractivity contribution in [2.75, 3.05) is 7.05 Å². The van der Waals surface area contributed by atoms with Crippen molar-refractivity contribution in [2.24, 2.45) is 0 Å². The van der Waals surface area contributed by atoms with Gasteiger partial charge in [-0.05, 0) is 47.1 Å². The first-order chi connectivity index (χ1) is 10.2. The van der Waals surface area contributed by atoms with Crippen molar-refractivity contribution >= 4 is 38.3 Å². The van der Waals surface area contributed by atoms with Gasteiger partial charge < -0.3 is 5.32 Å². The summed E-state index contributed by atoms with van der Waals surface area (Å²) in [6.07, 6.45) is 0.